The van der Waals surface area contributed by atoms with E-state index in [2.05, 4.69) is 20.4 Å². The van der Waals surface area contributed by atoms with Gasteiger partial charge in [-0.05, 0) is 48.5 Å². The Kier molecular flexibility index (Phi) is 17.9. The van der Waals surface area contributed by atoms with Gasteiger partial charge in [0.15, 0.2) is 37.4 Å². The van der Waals surface area contributed by atoms with Gasteiger partial charge in [0.1, 0.15) is 0 Å². The summed E-state index contributed by atoms with van der Waals surface area (Å²) in [4.78, 5) is 26.0. The molecule has 0 saturated heterocycles. The van der Waals surface area contributed by atoms with Crippen molar-refractivity contribution in [3.8, 4) is 23.3 Å². The number of halogens is 8. The maximum atomic E-state index is 9.75. The second kappa shape index (κ2) is 23.2. The van der Waals surface area contributed by atoms with Crippen molar-refractivity contribution in [2.24, 2.45) is 0 Å². The van der Waals surface area contributed by atoms with Crippen LogP contribution >= 0.6 is 0 Å². The van der Waals surface area contributed by atoms with E-state index in [-0.39, 0.29) is 17.1 Å². The predicted molar refractivity (Wildman–Crippen MR) is 233 cm³/mol. The first kappa shape index (κ1) is 51.6. The van der Waals surface area contributed by atoms with Gasteiger partial charge >= 0.3 is 31.6 Å². The Balaban J connectivity index is 0.000000214. The minimum Gasteiger partial charge on any atom is -0.418 e. The smallest absolute Gasteiger partial charge is 0.418 e. The van der Waals surface area contributed by atoms with Gasteiger partial charge in [0, 0.05) is 56.2 Å². The molecule has 6 aromatic heterocycles. The summed E-state index contributed by atoms with van der Waals surface area (Å²) in [7, 11) is -10.2. The summed E-state index contributed by atoms with van der Waals surface area (Å²) < 4.78 is 85.2. The molecule has 0 radical (unpaired) electrons. The molecule has 0 unspecified atom stereocenters. The van der Waals surface area contributed by atoms with Crippen LogP contribution in [0, 0.1) is 20.2 Å². The van der Waals surface area contributed by atoms with E-state index in [4.69, 9.17) is 30.2 Å². The third-order valence-electron chi connectivity index (χ3n) is 8.03. The number of benzene rings is 4. The Morgan fingerprint density at radius 2 is 0.567 bits per heavy atom. The maximum absolute atomic E-state index is 9.75. The van der Waals surface area contributed by atoms with Crippen LogP contribution in [-0.4, -0.2) is 87.5 Å². The number of aromatic nitrogens is 10. The zero-order valence-electron chi connectivity index (χ0n) is 34.5. The van der Waals surface area contributed by atoms with Crippen molar-refractivity contribution in [2.45, 2.75) is 0 Å². The molecular weight excluding hydrogens is 942 g/mol. The molecule has 0 spiro atoms. The largest absolute Gasteiger partial charge is 2.00 e. The van der Waals surface area contributed by atoms with Crippen LogP contribution in [0.15, 0.2) is 158 Å². The van der Waals surface area contributed by atoms with E-state index in [1.165, 1.54) is 0 Å². The van der Waals surface area contributed by atoms with Crippen LogP contribution in [0.1, 0.15) is 0 Å². The first-order valence-electron chi connectivity index (χ1n) is 18.8. The van der Waals surface area contributed by atoms with Gasteiger partial charge in [0.05, 0.1) is 22.1 Å². The molecule has 0 aliphatic carbocycles. The average molecular weight is 974 g/mol. The minimum atomic E-state index is -6.00. The Labute approximate surface area is 383 Å². The third kappa shape index (κ3) is 16.8. The van der Waals surface area contributed by atoms with Gasteiger partial charge in [-0.25, -0.2) is 28.7 Å². The molecule has 0 atom stereocenters. The molecule has 67 heavy (non-hydrogen) atoms. The van der Waals surface area contributed by atoms with Gasteiger partial charge in [-0.1, -0.05) is 84.9 Å². The standard InChI is InChI=1S/2C19H13N5.2CH3NO2.2BF4.Fe/c2*1-3-8-16-14(6-1)12-23(21-16)18-10-5-11-19(20-18)24-13-15-7-2-4-9-17(15)22-24;2*1-2(3)4;2*2-1(3,4)5;/h2*1-13H;2*1H3;;;/q;;;;2*-1;+2. The van der Waals surface area contributed by atoms with Gasteiger partial charge in [0.25, 0.3) is 0 Å². The number of nitro groups is 2. The van der Waals surface area contributed by atoms with Crippen LogP contribution in [0.5, 0.6) is 0 Å². The van der Waals surface area contributed by atoms with Crippen molar-refractivity contribution in [3.63, 3.8) is 0 Å². The van der Waals surface area contributed by atoms with Crippen LogP contribution in [0.4, 0.5) is 34.5 Å². The number of hydrogen-bond acceptors (Lipinski definition) is 10. The van der Waals surface area contributed by atoms with Crippen molar-refractivity contribution >= 4 is 58.1 Å². The molecule has 0 N–H and O–H groups in total. The molecule has 346 valence electrons. The molecule has 0 aliphatic rings. The van der Waals surface area contributed by atoms with Gasteiger partial charge in [-0.15, -0.1) is 0 Å². The van der Waals surface area contributed by atoms with E-state index in [9.17, 15) is 34.5 Å². The van der Waals surface area contributed by atoms with Crippen molar-refractivity contribution in [1.82, 2.24) is 49.1 Å². The quantitative estimate of drug-likeness (QED) is 0.0712. The molecular formula is C40H32B2F8FeN12O4. The van der Waals surface area contributed by atoms with E-state index < -0.39 is 24.4 Å². The van der Waals surface area contributed by atoms with Crippen molar-refractivity contribution in [2.75, 3.05) is 14.1 Å². The summed E-state index contributed by atoms with van der Waals surface area (Å²) in [6, 6.07) is 43.8. The summed E-state index contributed by atoms with van der Waals surface area (Å²) in [6.45, 7) is 0. The first-order chi connectivity index (χ1) is 31.2. The molecule has 0 amide bonds. The molecule has 4 aromatic carbocycles. The van der Waals surface area contributed by atoms with E-state index >= 15 is 0 Å². The Morgan fingerprint density at radius 1 is 0.388 bits per heavy atom. The SMILES string of the molecule is C[N+](=O)[O-].C[N+](=O)[O-].F[B-](F)(F)F.F[B-](F)(F)F.[Fe+2].c1cc(-n2cc3ccccc3n2)nc(-n2cc3ccccc3n2)c1.c1cc(-n2cc3ccccc3n2)nc(-n2cc3ccccc3n2)c1. The van der Waals surface area contributed by atoms with E-state index in [1.807, 2.05) is 158 Å². The Hall–Kier alpha value is -8.05. The van der Waals surface area contributed by atoms with Gasteiger partial charge in [-0.3, -0.25) is 20.2 Å². The number of nitrogens with zero attached hydrogens (tertiary/aromatic N) is 12. The second-order valence-corrected chi connectivity index (χ2v) is 13.1. The molecule has 16 nitrogen and oxygen atoms in total. The normalized spacial score (nSPS) is 10.7. The predicted octanol–water partition coefficient (Wildman–Crippen LogP) is 9.90. The fourth-order valence-electron chi connectivity index (χ4n) is 5.66. The molecule has 0 fully saturated rings. The first-order valence-corrected chi connectivity index (χ1v) is 18.8. The zero-order chi connectivity index (χ0) is 48.0. The van der Waals surface area contributed by atoms with E-state index in [0.717, 1.165) is 81.0 Å². The molecule has 0 saturated carbocycles. The molecule has 10 aromatic rings. The third-order valence-corrected chi connectivity index (χ3v) is 8.03. The van der Waals surface area contributed by atoms with E-state index in [0.29, 0.717) is 0 Å². The molecule has 0 bridgehead atoms. The minimum absolute atomic E-state index is 0. The molecule has 10 rings (SSSR count). The monoisotopic (exact) mass is 974 g/mol. The van der Waals surface area contributed by atoms with Gasteiger partial charge < -0.3 is 34.5 Å². The maximum Gasteiger partial charge on any atom is 2.00 e. The number of hydrogen-bond donors (Lipinski definition) is 0. The van der Waals surface area contributed by atoms with Crippen LogP contribution in [0.3, 0.4) is 0 Å². The summed E-state index contributed by atoms with van der Waals surface area (Å²) >= 11 is 0. The van der Waals surface area contributed by atoms with Crippen molar-refractivity contribution in [1.29, 1.82) is 0 Å². The zero-order valence-corrected chi connectivity index (χ0v) is 35.6. The van der Waals surface area contributed by atoms with E-state index in [1.54, 1.807) is 18.7 Å². The second-order valence-electron chi connectivity index (χ2n) is 13.1. The van der Waals surface area contributed by atoms with Crippen LogP contribution in [-0.2, 0) is 17.1 Å². The fourth-order valence-corrected chi connectivity index (χ4v) is 5.66. The summed E-state index contributed by atoms with van der Waals surface area (Å²) in [6.07, 6.45) is 7.95. The number of pyridine rings is 2. The van der Waals surface area contributed by atoms with Crippen LogP contribution < -0.4 is 0 Å². The Morgan fingerprint density at radius 3 is 0.746 bits per heavy atom. The molecule has 0 aliphatic heterocycles. The van der Waals surface area contributed by atoms with Gasteiger partial charge in [0.2, 0.25) is 0 Å². The molecule has 6 heterocycles. The summed E-state index contributed by atoms with van der Waals surface area (Å²) in [5, 5.41) is 40.3. The van der Waals surface area contributed by atoms with Crippen LogP contribution in [0.2, 0.25) is 0 Å². The Bertz CT molecular complexity index is 2660. The average Bonchev–Trinajstić information content (AvgIpc) is 4.07. The number of fused-ring (bicyclic) bond motifs is 4. The molecule has 27 heteroatoms. The van der Waals surface area contributed by atoms with Gasteiger partial charge in [-0.2, -0.15) is 20.4 Å². The summed E-state index contributed by atoms with van der Waals surface area (Å²) in [5.41, 5.74) is 3.81. The number of rotatable bonds is 4. The fraction of sp³-hybridized carbons (Fsp3) is 0.0500. The van der Waals surface area contributed by atoms with Crippen molar-refractivity contribution in [3.05, 3.63) is 178 Å². The topological polar surface area (TPSA) is 183 Å². The van der Waals surface area contributed by atoms with Crippen LogP contribution in [0.25, 0.3) is 66.9 Å². The summed E-state index contributed by atoms with van der Waals surface area (Å²) in [5.74, 6) is 3.07. The van der Waals surface area contributed by atoms with Crippen molar-refractivity contribution < 1.29 is 61.4 Å².